The summed E-state index contributed by atoms with van der Waals surface area (Å²) >= 11 is 0. The molecular weight excluding hydrogens is 314 g/mol. The molecule has 0 aromatic carbocycles. The van der Waals surface area contributed by atoms with Gasteiger partial charge in [-0.05, 0) is 93.3 Å². The Labute approximate surface area is 161 Å². The molecule has 0 spiro atoms. The lowest BCUT2D eigenvalue weighted by Crippen LogP contribution is -2.52. The number of rotatable bonds is 1. The van der Waals surface area contributed by atoms with Crippen molar-refractivity contribution in [2.24, 2.45) is 39.5 Å². The third-order valence-electron chi connectivity index (χ3n) is 10.2. The van der Waals surface area contributed by atoms with Gasteiger partial charge in [0, 0.05) is 17.2 Å². The number of fused-ring (bicyclic) bond motifs is 5. The van der Waals surface area contributed by atoms with Crippen molar-refractivity contribution in [2.45, 2.75) is 116 Å². The van der Waals surface area contributed by atoms with Crippen LogP contribution in [0.2, 0.25) is 0 Å². The zero-order chi connectivity index (χ0) is 17.8. The summed E-state index contributed by atoms with van der Waals surface area (Å²) in [5.41, 5.74) is 2.83. The molecule has 0 aromatic heterocycles. The first-order valence-electron chi connectivity index (χ1n) is 12.2. The quantitative estimate of drug-likeness (QED) is 0.472. The third-order valence-corrected chi connectivity index (χ3v) is 10.2. The first-order chi connectivity index (χ1) is 12.6. The molecule has 0 N–H and O–H groups in total. The summed E-state index contributed by atoms with van der Waals surface area (Å²) in [4.78, 5) is 5.44. The van der Waals surface area contributed by atoms with Gasteiger partial charge in [-0.15, -0.1) is 0 Å². The minimum absolute atomic E-state index is 0.469. The van der Waals surface area contributed by atoms with E-state index < -0.39 is 0 Å². The lowest BCUT2D eigenvalue weighted by atomic mass is 9.45. The van der Waals surface area contributed by atoms with Crippen LogP contribution in [0.3, 0.4) is 0 Å². The summed E-state index contributed by atoms with van der Waals surface area (Å²) in [7, 11) is 0. The molecule has 26 heavy (non-hydrogen) atoms. The van der Waals surface area contributed by atoms with Crippen LogP contribution >= 0.6 is 0 Å². The van der Waals surface area contributed by atoms with Crippen LogP contribution in [0.15, 0.2) is 4.99 Å². The fourth-order valence-electron chi connectivity index (χ4n) is 8.73. The molecule has 5 saturated carbocycles. The molecule has 1 nitrogen and oxygen atoms in total. The molecule has 5 rings (SSSR count). The molecule has 0 bridgehead atoms. The fourth-order valence-corrected chi connectivity index (χ4v) is 8.73. The normalized spacial score (nSPS) is 50.9. The number of aliphatic imine (C=N–C) groups is 1. The van der Waals surface area contributed by atoms with Crippen LogP contribution in [0.25, 0.3) is 0 Å². The van der Waals surface area contributed by atoms with Crippen LogP contribution in [0.5, 0.6) is 0 Å². The average Bonchev–Trinajstić information content (AvgIpc) is 2.98. The molecule has 146 valence electrons. The van der Waals surface area contributed by atoms with Gasteiger partial charge in [0.1, 0.15) is 0 Å². The molecule has 0 aliphatic heterocycles. The lowest BCUT2D eigenvalue weighted by molar-refractivity contribution is -0.0936. The summed E-state index contributed by atoms with van der Waals surface area (Å²) in [5.74, 6) is 4.07. The number of nitrogens with zero attached hydrogens (tertiary/aromatic N) is 1. The van der Waals surface area contributed by atoms with Gasteiger partial charge in [0.25, 0.3) is 0 Å². The zero-order valence-corrected chi connectivity index (χ0v) is 17.4. The van der Waals surface area contributed by atoms with E-state index >= 15 is 0 Å². The molecule has 1 heteroatoms. The van der Waals surface area contributed by atoms with Crippen molar-refractivity contribution < 1.29 is 0 Å². The fraction of sp³-hybridized carbons (Fsp3) is 0.960. The van der Waals surface area contributed by atoms with Crippen molar-refractivity contribution in [3.05, 3.63) is 0 Å². The number of hydrogen-bond donors (Lipinski definition) is 0. The topological polar surface area (TPSA) is 12.4 Å². The second kappa shape index (κ2) is 6.63. The first kappa shape index (κ1) is 17.7. The maximum Gasteiger partial charge on any atom is 0.0499 e. The second-order valence-corrected chi connectivity index (χ2v) is 11.3. The molecule has 5 aliphatic carbocycles. The molecule has 0 aromatic rings. The van der Waals surface area contributed by atoms with Crippen molar-refractivity contribution >= 4 is 5.71 Å². The van der Waals surface area contributed by atoms with Gasteiger partial charge >= 0.3 is 0 Å². The minimum atomic E-state index is 0.469. The highest BCUT2D eigenvalue weighted by Gasteiger charge is 2.58. The van der Waals surface area contributed by atoms with Crippen molar-refractivity contribution in [3.8, 4) is 0 Å². The van der Waals surface area contributed by atoms with Gasteiger partial charge in [0.15, 0.2) is 0 Å². The highest BCUT2D eigenvalue weighted by Crippen LogP contribution is 2.65. The standard InChI is InChI=1S/C25H41N/c1-24-16-7-6-8-18(24)11-12-20-21-13-14-23(25(21,2)17-15-22(20)24)26-19-9-4-3-5-10-19/h18-22H,3-17H2,1-2H3/t18-,20+,21+,22+,24+,25+/m1/s1. The van der Waals surface area contributed by atoms with Crippen LogP contribution in [-0.2, 0) is 0 Å². The van der Waals surface area contributed by atoms with Gasteiger partial charge < -0.3 is 0 Å². The third kappa shape index (κ3) is 2.66. The van der Waals surface area contributed by atoms with E-state index in [-0.39, 0.29) is 0 Å². The summed E-state index contributed by atoms with van der Waals surface area (Å²) < 4.78 is 0. The molecule has 5 aliphatic rings. The Bertz CT molecular complexity index is 559. The highest BCUT2D eigenvalue weighted by molar-refractivity contribution is 5.92. The van der Waals surface area contributed by atoms with E-state index in [2.05, 4.69) is 13.8 Å². The van der Waals surface area contributed by atoms with Crippen LogP contribution in [0.1, 0.15) is 110 Å². The minimum Gasteiger partial charge on any atom is -0.290 e. The Morgan fingerprint density at radius 1 is 0.731 bits per heavy atom. The van der Waals surface area contributed by atoms with E-state index in [4.69, 9.17) is 4.99 Å². The average molecular weight is 356 g/mol. The highest BCUT2D eigenvalue weighted by atomic mass is 14.8. The van der Waals surface area contributed by atoms with E-state index in [0.29, 0.717) is 16.9 Å². The molecule has 0 radical (unpaired) electrons. The van der Waals surface area contributed by atoms with Crippen LogP contribution in [-0.4, -0.2) is 11.8 Å². The monoisotopic (exact) mass is 355 g/mol. The smallest absolute Gasteiger partial charge is 0.0499 e. The van der Waals surface area contributed by atoms with Crippen LogP contribution in [0, 0.1) is 34.5 Å². The Kier molecular flexibility index (Phi) is 4.52. The Morgan fingerprint density at radius 3 is 2.38 bits per heavy atom. The Balaban J connectivity index is 1.39. The predicted molar refractivity (Wildman–Crippen MR) is 111 cm³/mol. The van der Waals surface area contributed by atoms with E-state index in [1.54, 1.807) is 18.6 Å². The maximum atomic E-state index is 5.44. The van der Waals surface area contributed by atoms with Crippen molar-refractivity contribution in [2.75, 3.05) is 0 Å². The lowest BCUT2D eigenvalue weighted by Gasteiger charge is -2.60. The van der Waals surface area contributed by atoms with Crippen molar-refractivity contribution in [1.82, 2.24) is 0 Å². The molecule has 0 heterocycles. The molecule has 0 amide bonds. The molecule has 0 unspecified atom stereocenters. The van der Waals surface area contributed by atoms with E-state index in [9.17, 15) is 0 Å². The van der Waals surface area contributed by atoms with Gasteiger partial charge in [-0.25, -0.2) is 0 Å². The summed E-state index contributed by atoms with van der Waals surface area (Å²) in [5, 5.41) is 0. The van der Waals surface area contributed by atoms with Gasteiger partial charge in [0.2, 0.25) is 0 Å². The van der Waals surface area contributed by atoms with Gasteiger partial charge in [-0.3, -0.25) is 4.99 Å². The maximum absolute atomic E-state index is 5.44. The Hall–Kier alpha value is -0.330. The summed E-state index contributed by atoms with van der Waals surface area (Å²) in [6.45, 7) is 5.35. The first-order valence-corrected chi connectivity index (χ1v) is 12.2. The van der Waals surface area contributed by atoms with Crippen LogP contribution in [0.4, 0.5) is 0 Å². The van der Waals surface area contributed by atoms with Crippen LogP contribution < -0.4 is 0 Å². The summed E-state index contributed by atoms with van der Waals surface area (Å²) in [6, 6.07) is 0.679. The second-order valence-electron chi connectivity index (χ2n) is 11.3. The number of hydrogen-bond acceptors (Lipinski definition) is 1. The molecule has 5 fully saturated rings. The van der Waals surface area contributed by atoms with E-state index in [0.717, 1.165) is 23.7 Å². The molecule has 0 saturated heterocycles. The Morgan fingerprint density at radius 2 is 1.54 bits per heavy atom. The molecule has 6 atom stereocenters. The SMILES string of the molecule is C[C@]12CCCC[C@@H]1CC[C@@H]1[C@@H]2CC[C@]2(C)C(=NC3CCCCC3)CC[C@@H]12. The van der Waals surface area contributed by atoms with Crippen molar-refractivity contribution in [3.63, 3.8) is 0 Å². The van der Waals surface area contributed by atoms with Gasteiger partial charge in [0.05, 0.1) is 0 Å². The molecular formula is C25H41N. The van der Waals surface area contributed by atoms with Crippen molar-refractivity contribution in [1.29, 1.82) is 0 Å². The summed E-state index contributed by atoms with van der Waals surface area (Å²) in [6.07, 6.45) is 22.0. The largest absolute Gasteiger partial charge is 0.290 e. The van der Waals surface area contributed by atoms with E-state index in [1.165, 1.54) is 83.5 Å². The van der Waals surface area contributed by atoms with Gasteiger partial charge in [-0.1, -0.05) is 46.0 Å². The van der Waals surface area contributed by atoms with E-state index in [1.807, 2.05) is 0 Å². The predicted octanol–water partition coefficient (Wildman–Crippen LogP) is 7.19. The zero-order valence-electron chi connectivity index (χ0n) is 17.4. The van der Waals surface area contributed by atoms with Gasteiger partial charge in [-0.2, -0.15) is 0 Å².